The molecule has 104 valence electrons. The molecule has 0 spiro atoms. The summed E-state index contributed by atoms with van der Waals surface area (Å²) in [7, 11) is -3.21. The zero-order valence-corrected chi connectivity index (χ0v) is 11.8. The predicted molar refractivity (Wildman–Crippen MR) is 70.4 cm³/mol. The van der Waals surface area contributed by atoms with Gasteiger partial charge in [-0.15, -0.1) is 0 Å². The minimum atomic E-state index is -3.21. The minimum Gasteiger partial charge on any atom is -0.312 e. The lowest BCUT2D eigenvalue weighted by Gasteiger charge is -2.33. The maximum absolute atomic E-state index is 12.6. The van der Waals surface area contributed by atoms with Crippen LogP contribution in [0.2, 0.25) is 0 Å². The first kappa shape index (κ1) is 12.8. The van der Waals surface area contributed by atoms with Gasteiger partial charge < -0.3 is 5.32 Å². The number of rotatable bonds is 2. The third-order valence-electron chi connectivity index (χ3n) is 4.60. The van der Waals surface area contributed by atoms with Gasteiger partial charge in [-0.3, -0.25) is 0 Å². The molecule has 3 atom stereocenters. The van der Waals surface area contributed by atoms with Crippen LogP contribution >= 0.6 is 0 Å². The lowest BCUT2D eigenvalue weighted by atomic mass is 10.0. The molecule has 6 heteroatoms. The van der Waals surface area contributed by atoms with E-state index in [1.54, 1.807) is 8.61 Å². The largest absolute Gasteiger partial charge is 0.312 e. The van der Waals surface area contributed by atoms with Crippen LogP contribution in [0.5, 0.6) is 0 Å². The summed E-state index contributed by atoms with van der Waals surface area (Å²) >= 11 is 0. The van der Waals surface area contributed by atoms with Crippen LogP contribution in [-0.2, 0) is 10.2 Å². The third kappa shape index (κ3) is 2.19. The molecule has 0 aromatic heterocycles. The first-order chi connectivity index (χ1) is 8.57. The quantitative estimate of drug-likeness (QED) is 0.785. The van der Waals surface area contributed by atoms with Crippen molar-refractivity contribution in [2.75, 3.05) is 32.7 Å². The highest BCUT2D eigenvalue weighted by atomic mass is 32.2. The van der Waals surface area contributed by atoms with E-state index in [0.717, 1.165) is 25.8 Å². The average Bonchev–Trinajstić information content (AvgIpc) is 2.89. The number of piperidine rings is 1. The lowest BCUT2D eigenvalue weighted by molar-refractivity contribution is 0.262. The van der Waals surface area contributed by atoms with Crippen molar-refractivity contribution in [1.82, 2.24) is 13.9 Å². The fourth-order valence-electron chi connectivity index (χ4n) is 3.52. The highest BCUT2D eigenvalue weighted by molar-refractivity contribution is 7.86. The average molecular weight is 273 g/mol. The van der Waals surface area contributed by atoms with Gasteiger partial charge in [0.05, 0.1) is 0 Å². The topological polar surface area (TPSA) is 52.7 Å². The zero-order chi connectivity index (χ0) is 12.8. The molecular weight excluding hydrogens is 250 g/mol. The van der Waals surface area contributed by atoms with E-state index in [1.165, 1.54) is 0 Å². The van der Waals surface area contributed by atoms with Gasteiger partial charge in [0.15, 0.2) is 0 Å². The van der Waals surface area contributed by atoms with Crippen molar-refractivity contribution >= 4 is 10.2 Å². The Kier molecular flexibility index (Phi) is 3.38. The Morgan fingerprint density at radius 2 is 1.94 bits per heavy atom. The van der Waals surface area contributed by atoms with Crippen molar-refractivity contribution in [3.8, 4) is 0 Å². The second-order valence-corrected chi connectivity index (χ2v) is 7.97. The van der Waals surface area contributed by atoms with Gasteiger partial charge in [-0.1, -0.05) is 6.92 Å². The molecule has 0 amide bonds. The molecule has 0 saturated carbocycles. The van der Waals surface area contributed by atoms with E-state index < -0.39 is 10.2 Å². The van der Waals surface area contributed by atoms with Gasteiger partial charge in [0.25, 0.3) is 10.2 Å². The molecule has 18 heavy (non-hydrogen) atoms. The fourth-order valence-corrected chi connectivity index (χ4v) is 5.38. The summed E-state index contributed by atoms with van der Waals surface area (Å²) in [6.45, 7) is 5.96. The first-order valence-electron chi connectivity index (χ1n) is 7.06. The van der Waals surface area contributed by atoms with Crippen LogP contribution < -0.4 is 5.32 Å². The summed E-state index contributed by atoms with van der Waals surface area (Å²) in [6, 6.07) is 0.391. The summed E-state index contributed by atoms with van der Waals surface area (Å²) in [5.74, 6) is 1.02. The monoisotopic (exact) mass is 273 g/mol. The van der Waals surface area contributed by atoms with Gasteiger partial charge in [0.2, 0.25) is 0 Å². The Labute approximate surface area is 110 Å². The van der Waals surface area contributed by atoms with Gasteiger partial charge in [0.1, 0.15) is 0 Å². The number of fused-ring (bicyclic) bond motifs is 1. The van der Waals surface area contributed by atoms with E-state index in [0.29, 0.717) is 44.1 Å². The van der Waals surface area contributed by atoms with Gasteiger partial charge in [-0.2, -0.15) is 17.0 Å². The molecule has 5 nitrogen and oxygen atoms in total. The molecule has 0 aromatic carbocycles. The summed E-state index contributed by atoms with van der Waals surface area (Å²) in [6.07, 6.45) is 3.27. The maximum Gasteiger partial charge on any atom is 0.282 e. The van der Waals surface area contributed by atoms with E-state index >= 15 is 0 Å². The van der Waals surface area contributed by atoms with Crippen LogP contribution in [0.15, 0.2) is 0 Å². The Bertz CT molecular complexity index is 400. The first-order valence-corrected chi connectivity index (χ1v) is 8.45. The van der Waals surface area contributed by atoms with Crippen LogP contribution in [0.4, 0.5) is 0 Å². The highest BCUT2D eigenvalue weighted by Crippen LogP contribution is 2.29. The molecule has 3 rings (SSSR count). The molecule has 0 aliphatic carbocycles. The SMILES string of the molecule is CC1CCCN(S(=O)(=O)N2C[C@@H]3CCN[C@@H]3C2)C1. The van der Waals surface area contributed by atoms with Crippen LogP contribution in [0.1, 0.15) is 26.2 Å². The van der Waals surface area contributed by atoms with Crippen molar-refractivity contribution in [3.63, 3.8) is 0 Å². The fraction of sp³-hybridized carbons (Fsp3) is 1.00. The number of nitrogens with zero attached hydrogens (tertiary/aromatic N) is 2. The smallest absolute Gasteiger partial charge is 0.282 e. The van der Waals surface area contributed by atoms with Gasteiger partial charge in [-0.05, 0) is 37.6 Å². The lowest BCUT2D eigenvalue weighted by Crippen LogP contribution is -2.47. The van der Waals surface area contributed by atoms with Crippen molar-refractivity contribution in [2.24, 2.45) is 11.8 Å². The number of nitrogens with one attached hydrogen (secondary N) is 1. The van der Waals surface area contributed by atoms with Gasteiger partial charge >= 0.3 is 0 Å². The summed E-state index contributed by atoms with van der Waals surface area (Å²) in [5, 5.41) is 3.41. The Balaban J connectivity index is 1.71. The summed E-state index contributed by atoms with van der Waals surface area (Å²) in [4.78, 5) is 0. The molecule has 1 N–H and O–H groups in total. The predicted octanol–water partition coefficient (Wildman–Crippen LogP) is 0.257. The minimum absolute atomic E-state index is 0.391. The maximum atomic E-state index is 12.6. The molecule has 1 unspecified atom stereocenters. The van der Waals surface area contributed by atoms with E-state index in [1.807, 2.05) is 0 Å². The standard InChI is InChI=1S/C12H23N3O2S/c1-10-3-2-6-14(7-10)18(16,17)15-8-11-4-5-13-12(11)9-15/h10-13H,2-9H2,1H3/t10?,11-,12+/m0/s1. The Morgan fingerprint density at radius 3 is 2.67 bits per heavy atom. The van der Waals surface area contributed by atoms with Crippen LogP contribution in [0, 0.1) is 11.8 Å². The molecule has 3 aliphatic heterocycles. The Morgan fingerprint density at radius 1 is 1.11 bits per heavy atom. The molecule has 0 radical (unpaired) electrons. The summed E-state index contributed by atoms with van der Waals surface area (Å²) < 4.78 is 28.6. The van der Waals surface area contributed by atoms with Crippen molar-refractivity contribution in [3.05, 3.63) is 0 Å². The van der Waals surface area contributed by atoms with Gasteiger partial charge in [-0.25, -0.2) is 0 Å². The Hall–Kier alpha value is -0.170. The molecule has 3 saturated heterocycles. The van der Waals surface area contributed by atoms with Crippen molar-refractivity contribution in [2.45, 2.75) is 32.2 Å². The normalized spacial score (nSPS) is 39.1. The summed E-state index contributed by atoms with van der Waals surface area (Å²) in [5.41, 5.74) is 0. The van der Waals surface area contributed by atoms with E-state index in [4.69, 9.17) is 0 Å². The molecule has 3 heterocycles. The molecule has 0 aromatic rings. The van der Waals surface area contributed by atoms with Crippen LogP contribution in [0.25, 0.3) is 0 Å². The van der Waals surface area contributed by atoms with E-state index in [-0.39, 0.29) is 0 Å². The van der Waals surface area contributed by atoms with E-state index in [2.05, 4.69) is 12.2 Å². The van der Waals surface area contributed by atoms with Crippen molar-refractivity contribution in [1.29, 1.82) is 0 Å². The molecule has 3 fully saturated rings. The van der Waals surface area contributed by atoms with E-state index in [9.17, 15) is 8.42 Å². The second kappa shape index (κ2) is 4.74. The molecule has 3 aliphatic rings. The molecule has 0 bridgehead atoms. The molecular formula is C12H23N3O2S. The van der Waals surface area contributed by atoms with Crippen molar-refractivity contribution < 1.29 is 8.42 Å². The van der Waals surface area contributed by atoms with Gasteiger partial charge in [0, 0.05) is 32.2 Å². The zero-order valence-electron chi connectivity index (χ0n) is 11.0. The third-order valence-corrected chi connectivity index (χ3v) is 6.54. The second-order valence-electron chi connectivity index (χ2n) is 6.04. The number of hydrogen-bond acceptors (Lipinski definition) is 3. The van der Waals surface area contributed by atoms with Crippen LogP contribution in [-0.4, -0.2) is 55.8 Å². The number of hydrogen-bond donors (Lipinski definition) is 1. The highest BCUT2D eigenvalue weighted by Gasteiger charge is 2.43. The van der Waals surface area contributed by atoms with Crippen LogP contribution in [0.3, 0.4) is 0 Å².